The minimum absolute atomic E-state index is 0.00141. The molecule has 1 aliphatic rings. The summed E-state index contributed by atoms with van der Waals surface area (Å²) in [7, 11) is 3.90. The molecule has 1 fully saturated rings. The highest BCUT2D eigenvalue weighted by Gasteiger charge is 2.23. The molecule has 1 saturated heterocycles. The van der Waals surface area contributed by atoms with Crippen LogP contribution >= 0.6 is 0 Å². The highest BCUT2D eigenvalue weighted by molar-refractivity contribution is 5.95. The molecule has 1 aliphatic heterocycles. The number of amides is 1. The van der Waals surface area contributed by atoms with Crippen LogP contribution in [-0.2, 0) is 4.74 Å². The molecule has 1 aromatic rings. The van der Waals surface area contributed by atoms with E-state index in [0.717, 1.165) is 5.69 Å². The summed E-state index contributed by atoms with van der Waals surface area (Å²) in [5.74, 6) is -0.00358. The van der Waals surface area contributed by atoms with E-state index in [1.165, 1.54) is 0 Å². The van der Waals surface area contributed by atoms with Gasteiger partial charge in [-0.05, 0) is 18.2 Å². The summed E-state index contributed by atoms with van der Waals surface area (Å²) < 4.78 is 5.41. The molecule has 5 nitrogen and oxygen atoms in total. The lowest BCUT2D eigenvalue weighted by atomic mass is 10.1. The summed E-state index contributed by atoms with van der Waals surface area (Å²) in [5.41, 5.74) is 1.68. The second-order valence-corrected chi connectivity index (χ2v) is 5.32. The van der Waals surface area contributed by atoms with Crippen molar-refractivity contribution in [3.05, 3.63) is 29.8 Å². The van der Waals surface area contributed by atoms with E-state index in [1.807, 2.05) is 43.3 Å². The van der Waals surface area contributed by atoms with E-state index >= 15 is 0 Å². The lowest BCUT2D eigenvalue weighted by Gasteiger charge is -2.23. The molecule has 0 saturated carbocycles. The van der Waals surface area contributed by atoms with Gasteiger partial charge >= 0.3 is 0 Å². The Bertz CT molecular complexity index is 462. The van der Waals surface area contributed by atoms with Crippen LogP contribution in [0, 0.1) is 5.92 Å². The van der Waals surface area contributed by atoms with Crippen molar-refractivity contribution in [3.63, 3.8) is 0 Å². The van der Waals surface area contributed by atoms with Gasteiger partial charge < -0.3 is 19.6 Å². The fraction of sp³-hybridized carbons (Fsp3) is 0.533. The van der Waals surface area contributed by atoms with E-state index in [2.05, 4.69) is 0 Å². The van der Waals surface area contributed by atoms with Crippen molar-refractivity contribution in [1.29, 1.82) is 0 Å². The van der Waals surface area contributed by atoms with E-state index in [-0.39, 0.29) is 18.4 Å². The predicted molar refractivity (Wildman–Crippen MR) is 78.1 cm³/mol. The van der Waals surface area contributed by atoms with Gasteiger partial charge in [0.1, 0.15) is 0 Å². The van der Waals surface area contributed by atoms with Crippen LogP contribution in [0.5, 0.6) is 0 Å². The number of ether oxygens (including phenoxy) is 1. The Labute approximate surface area is 119 Å². The van der Waals surface area contributed by atoms with Gasteiger partial charge in [-0.25, -0.2) is 0 Å². The van der Waals surface area contributed by atoms with Crippen LogP contribution in [-0.4, -0.2) is 62.9 Å². The SMILES string of the molecule is CN(C)c1cccc(C(=O)N2CCOC[C@@H](CO)C2)c1. The molecule has 1 atom stereocenters. The third kappa shape index (κ3) is 3.49. The standard InChI is InChI=1S/C15H22N2O3/c1-16(2)14-5-3-4-13(8-14)15(19)17-6-7-20-11-12(9-17)10-18/h3-5,8,12,18H,6-7,9-11H2,1-2H3/t12-/m1/s1. The molecule has 0 radical (unpaired) electrons. The quantitative estimate of drug-likeness (QED) is 0.890. The number of carbonyl (C=O) groups is 1. The van der Waals surface area contributed by atoms with Crippen LogP contribution in [0.15, 0.2) is 24.3 Å². The Morgan fingerprint density at radius 3 is 3.00 bits per heavy atom. The van der Waals surface area contributed by atoms with Crippen molar-refractivity contribution >= 4 is 11.6 Å². The van der Waals surface area contributed by atoms with Crippen LogP contribution in [0.25, 0.3) is 0 Å². The van der Waals surface area contributed by atoms with Gasteiger partial charge in [-0.15, -0.1) is 0 Å². The van der Waals surface area contributed by atoms with Crippen molar-refractivity contribution in [2.24, 2.45) is 5.92 Å². The summed E-state index contributed by atoms with van der Waals surface area (Å²) in [5, 5.41) is 9.28. The second-order valence-electron chi connectivity index (χ2n) is 5.32. The van der Waals surface area contributed by atoms with Gasteiger partial charge in [0.25, 0.3) is 5.91 Å². The molecule has 1 heterocycles. The number of nitrogens with zero attached hydrogens (tertiary/aromatic N) is 2. The van der Waals surface area contributed by atoms with E-state index < -0.39 is 0 Å². The maximum atomic E-state index is 12.6. The van der Waals surface area contributed by atoms with Gasteiger partial charge in [0, 0.05) is 51.0 Å². The monoisotopic (exact) mass is 278 g/mol. The molecule has 1 N–H and O–H groups in total. The van der Waals surface area contributed by atoms with E-state index in [0.29, 0.717) is 31.9 Å². The normalized spacial score (nSPS) is 19.6. The average molecular weight is 278 g/mol. The van der Waals surface area contributed by atoms with Crippen molar-refractivity contribution in [2.75, 3.05) is 51.9 Å². The molecule has 0 aliphatic carbocycles. The highest BCUT2D eigenvalue weighted by atomic mass is 16.5. The Morgan fingerprint density at radius 2 is 2.30 bits per heavy atom. The first-order valence-corrected chi connectivity index (χ1v) is 6.87. The Morgan fingerprint density at radius 1 is 1.50 bits per heavy atom. The van der Waals surface area contributed by atoms with Gasteiger partial charge in [-0.2, -0.15) is 0 Å². The van der Waals surface area contributed by atoms with E-state index in [4.69, 9.17) is 4.74 Å². The van der Waals surface area contributed by atoms with Crippen molar-refractivity contribution in [1.82, 2.24) is 4.90 Å². The smallest absolute Gasteiger partial charge is 0.254 e. The zero-order valence-electron chi connectivity index (χ0n) is 12.1. The fourth-order valence-corrected chi connectivity index (χ4v) is 2.27. The molecule has 20 heavy (non-hydrogen) atoms. The molecule has 5 heteroatoms. The Hall–Kier alpha value is -1.59. The third-order valence-corrected chi connectivity index (χ3v) is 3.49. The van der Waals surface area contributed by atoms with Crippen molar-refractivity contribution in [3.8, 4) is 0 Å². The number of rotatable bonds is 3. The number of aliphatic hydroxyl groups is 1. The lowest BCUT2D eigenvalue weighted by molar-refractivity contribution is 0.0728. The number of carbonyl (C=O) groups excluding carboxylic acids is 1. The highest BCUT2D eigenvalue weighted by Crippen LogP contribution is 2.16. The maximum absolute atomic E-state index is 12.6. The molecular formula is C15H22N2O3. The Balaban J connectivity index is 2.15. The summed E-state index contributed by atoms with van der Waals surface area (Å²) in [6.07, 6.45) is 0. The van der Waals surface area contributed by atoms with Crippen molar-refractivity contribution in [2.45, 2.75) is 0 Å². The maximum Gasteiger partial charge on any atom is 0.254 e. The van der Waals surface area contributed by atoms with E-state index in [1.54, 1.807) is 4.90 Å². The molecular weight excluding hydrogens is 256 g/mol. The second kappa shape index (κ2) is 6.72. The third-order valence-electron chi connectivity index (χ3n) is 3.49. The van der Waals surface area contributed by atoms with E-state index in [9.17, 15) is 9.90 Å². The number of benzene rings is 1. The number of hydrogen-bond acceptors (Lipinski definition) is 4. The number of aliphatic hydroxyl groups excluding tert-OH is 1. The molecule has 0 unspecified atom stereocenters. The topological polar surface area (TPSA) is 53.0 Å². The molecule has 2 rings (SSSR count). The van der Waals surface area contributed by atoms with Crippen LogP contribution in [0.1, 0.15) is 10.4 Å². The van der Waals surface area contributed by atoms with Crippen LogP contribution in [0.2, 0.25) is 0 Å². The fourth-order valence-electron chi connectivity index (χ4n) is 2.27. The summed E-state index contributed by atoms with van der Waals surface area (Å²) in [6, 6.07) is 7.58. The van der Waals surface area contributed by atoms with Crippen molar-refractivity contribution < 1.29 is 14.6 Å². The summed E-state index contributed by atoms with van der Waals surface area (Å²) in [4.78, 5) is 16.3. The zero-order valence-corrected chi connectivity index (χ0v) is 12.1. The lowest BCUT2D eigenvalue weighted by Crippen LogP contribution is -2.36. The first-order chi connectivity index (χ1) is 9.61. The molecule has 0 spiro atoms. The first kappa shape index (κ1) is 14.8. The molecule has 110 valence electrons. The number of anilines is 1. The minimum atomic E-state index is -0.00218. The summed E-state index contributed by atoms with van der Waals surface area (Å²) >= 11 is 0. The summed E-state index contributed by atoms with van der Waals surface area (Å²) in [6.45, 7) is 2.19. The van der Waals surface area contributed by atoms with Gasteiger partial charge in [0.05, 0.1) is 13.2 Å². The molecule has 1 aromatic carbocycles. The van der Waals surface area contributed by atoms with Crippen LogP contribution in [0.4, 0.5) is 5.69 Å². The van der Waals surface area contributed by atoms with Gasteiger partial charge in [0.15, 0.2) is 0 Å². The molecule has 0 bridgehead atoms. The predicted octanol–water partition coefficient (Wildman–Crippen LogP) is 0.833. The van der Waals surface area contributed by atoms with Gasteiger partial charge in [-0.3, -0.25) is 4.79 Å². The Kier molecular flexibility index (Phi) is 4.98. The first-order valence-electron chi connectivity index (χ1n) is 6.87. The minimum Gasteiger partial charge on any atom is -0.396 e. The molecule has 1 amide bonds. The zero-order chi connectivity index (χ0) is 14.5. The van der Waals surface area contributed by atoms with Gasteiger partial charge in [0.2, 0.25) is 0 Å². The largest absolute Gasteiger partial charge is 0.396 e. The average Bonchev–Trinajstić information content (AvgIpc) is 2.72. The van der Waals surface area contributed by atoms with Crippen LogP contribution in [0.3, 0.4) is 0 Å². The molecule has 0 aromatic heterocycles. The van der Waals surface area contributed by atoms with Gasteiger partial charge in [-0.1, -0.05) is 6.07 Å². The number of hydrogen-bond donors (Lipinski definition) is 1. The van der Waals surface area contributed by atoms with Crippen LogP contribution < -0.4 is 4.90 Å².